The van der Waals surface area contributed by atoms with E-state index in [0.29, 0.717) is 21.8 Å². The van der Waals surface area contributed by atoms with E-state index < -0.39 is 0 Å². The summed E-state index contributed by atoms with van der Waals surface area (Å²) in [6, 6.07) is 5.24. The van der Waals surface area contributed by atoms with Crippen molar-refractivity contribution < 1.29 is 4.79 Å². The van der Waals surface area contributed by atoms with Crippen molar-refractivity contribution >= 4 is 34.8 Å². The Morgan fingerprint density at radius 1 is 1.25 bits per heavy atom. The number of rotatable bonds is 4. The zero-order chi connectivity index (χ0) is 14.5. The van der Waals surface area contributed by atoms with Crippen LogP contribution in [0.1, 0.15) is 39.0 Å². The molecule has 20 heavy (non-hydrogen) atoms. The average molecular weight is 315 g/mol. The lowest BCUT2D eigenvalue weighted by Crippen LogP contribution is -2.44. The molecular formula is C15H20Cl2N2O. The molecule has 2 rings (SSSR count). The molecule has 0 heterocycles. The summed E-state index contributed by atoms with van der Waals surface area (Å²) in [6.07, 6.45) is 6.08. The zero-order valence-corrected chi connectivity index (χ0v) is 13.1. The SMILES string of the molecule is C[C@@H](NC1CCCCC1)C(=O)Nc1cc(Cl)ccc1Cl. The van der Waals surface area contributed by atoms with Gasteiger partial charge in [-0.1, -0.05) is 42.5 Å². The first-order valence-corrected chi connectivity index (χ1v) is 7.84. The van der Waals surface area contributed by atoms with Crippen molar-refractivity contribution in [3.63, 3.8) is 0 Å². The summed E-state index contributed by atoms with van der Waals surface area (Å²) in [5, 5.41) is 7.25. The maximum Gasteiger partial charge on any atom is 0.241 e. The molecule has 1 aromatic rings. The molecule has 1 saturated carbocycles. The molecule has 1 atom stereocenters. The molecular weight excluding hydrogens is 295 g/mol. The molecule has 2 N–H and O–H groups in total. The van der Waals surface area contributed by atoms with Crippen LogP contribution in [0, 0.1) is 0 Å². The fourth-order valence-corrected chi connectivity index (χ4v) is 2.87. The molecule has 110 valence electrons. The minimum Gasteiger partial charge on any atom is -0.323 e. The first-order chi connectivity index (χ1) is 9.56. The van der Waals surface area contributed by atoms with Crippen molar-refractivity contribution in [1.29, 1.82) is 0 Å². The third kappa shape index (κ3) is 4.37. The first kappa shape index (κ1) is 15.6. The summed E-state index contributed by atoms with van der Waals surface area (Å²) in [5.74, 6) is -0.0836. The molecule has 0 aromatic heterocycles. The van der Waals surface area contributed by atoms with E-state index >= 15 is 0 Å². The van der Waals surface area contributed by atoms with Crippen LogP contribution in [0.15, 0.2) is 18.2 Å². The highest BCUT2D eigenvalue weighted by atomic mass is 35.5. The van der Waals surface area contributed by atoms with Gasteiger partial charge >= 0.3 is 0 Å². The van der Waals surface area contributed by atoms with Crippen molar-refractivity contribution in [1.82, 2.24) is 5.32 Å². The summed E-state index contributed by atoms with van der Waals surface area (Å²) < 4.78 is 0. The standard InChI is InChI=1S/C15H20Cl2N2O/c1-10(18-12-5-3-2-4-6-12)15(20)19-14-9-11(16)7-8-13(14)17/h7-10,12,18H,2-6H2,1H3,(H,19,20)/t10-/m1/s1. The Labute approximate surface area is 130 Å². The Bertz CT molecular complexity index is 473. The molecule has 1 amide bonds. The molecule has 0 radical (unpaired) electrons. The summed E-state index contributed by atoms with van der Waals surface area (Å²) in [4.78, 5) is 12.2. The van der Waals surface area contributed by atoms with Gasteiger partial charge in [0.25, 0.3) is 0 Å². The van der Waals surface area contributed by atoms with Gasteiger partial charge in [0.1, 0.15) is 0 Å². The summed E-state index contributed by atoms with van der Waals surface area (Å²) in [5.41, 5.74) is 0.557. The highest BCUT2D eigenvalue weighted by Crippen LogP contribution is 2.25. The van der Waals surface area contributed by atoms with E-state index in [1.165, 1.54) is 19.3 Å². The monoisotopic (exact) mass is 314 g/mol. The molecule has 3 nitrogen and oxygen atoms in total. The predicted octanol–water partition coefficient (Wildman–Crippen LogP) is 4.24. The van der Waals surface area contributed by atoms with Crippen molar-refractivity contribution in [2.75, 3.05) is 5.32 Å². The lowest BCUT2D eigenvalue weighted by Gasteiger charge is -2.26. The number of hydrogen-bond acceptors (Lipinski definition) is 2. The third-order valence-corrected chi connectivity index (χ3v) is 4.24. The van der Waals surface area contributed by atoms with E-state index in [4.69, 9.17) is 23.2 Å². The van der Waals surface area contributed by atoms with Gasteiger partial charge in [0.05, 0.1) is 16.8 Å². The zero-order valence-electron chi connectivity index (χ0n) is 11.6. The average Bonchev–Trinajstić information content (AvgIpc) is 2.44. The smallest absolute Gasteiger partial charge is 0.241 e. The molecule has 0 spiro atoms. The summed E-state index contributed by atoms with van der Waals surface area (Å²) >= 11 is 12.0. The number of nitrogens with one attached hydrogen (secondary N) is 2. The van der Waals surface area contributed by atoms with E-state index in [9.17, 15) is 4.79 Å². The topological polar surface area (TPSA) is 41.1 Å². The van der Waals surface area contributed by atoms with Crippen LogP contribution in [0.2, 0.25) is 10.0 Å². The number of benzene rings is 1. The minimum absolute atomic E-state index is 0.0836. The lowest BCUT2D eigenvalue weighted by atomic mass is 9.95. The van der Waals surface area contributed by atoms with Crippen molar-refractivity contribution in [3.05, 3.63) is 28.2 Å². The summed E-state index contributed by atoms with van der Waals surface area (Å²) in [6.45, 7) is 1.88. The largest absolute Gasteiger partial charge is 0.323 e. The Morgan fingerprint density at radius 2 is 1.95 bits per heavy atom. The van der Waals surface area contributed by atoms with Crippen LogP contribution in [0.4, 0.5) is 5.69 Å². The van der Waals surface area contributed by atoms with Crippen LogP contribution in [-0.2, 0) is 4.79 Å². The highest BCUT2D eigenvalue weighted by Gasteiger charge is 2.20. The highest BCUT2D eigenvalue weighted by molar-refractivity contribution is 6.35. The lowest BCUT2D eigenvalue weighted by molar-refractivity contribution is -0.118. The van der Waals surface area contributed by atoms with Gasteiger partial charge in [-0.15, -0.1) is 0 Å². The van der Waals surface area contributed by atoms with Crippen molar-refractivity contribution in [2.45, 2.75) is 51.1 Å². The molecule has 0 bridgehead atoms. The maximum absolute atomic E-state index is 12.2. The molecule has 1 aliphatic carbocycles. The molecule has 5 heteroatoms. The van der Waals surface area contributed by atoms with E-state index in [-0.39, 0.29) is 11.9 Å². The molecule has 0 unspecified atom stereocenters. The first-order valence-electron chi connectivity index (χ1n) is 7.08. The molecule has 0 saturated heterocycles. The Morgan fingerprint density at radius 3 is 2.65 bits per heavy atom. The molecule has 1 aromatic carbocycles. The van der Waals surface area contributed by atoms with Gasteiger partial charge in [-0.05, 0) is 38.0 Å². The number of amides is 1. The van der Waals surface area contributed by atoms with E-state index in [1.54, 1.807) is 18.2 Å². The Kier molecular flexibility index (Phi) is 5.70. The second-order valence-electron chi connectivity index (χ2n) is 5.34. The van der Waals surface area contributed by atoms with Crippen LogP contribution in [0.5, 0.6) is 0 Å². The molecule has 1 aliphatic rings. The number of anilines is 1. The van der Waals surface area contributed by atoms with Crippen LogP contribution in [-0.4, -0.2) is 18.0 Å². The predicted molar refractivity (Wildman–Crippen MR) is 84.6 cm³/mol. The quantitative estimate of drug-likeness (QED) is 0.872. The van der Waals surface area contributed by atoms with E-state index in [2.05, 4.69) is 10.6 Å². The van der Waals surface area contributed by atoms with Gasteiger partial charge in [-0.25, -0.2) is 0 Å². The van der Waals surface area contributed by atoms with Crippen LogP contribution < -0.4 is 10.6 Å². The van der Waals surface area contributed by atoms with Crippen LogP contribution in [0.25, 0.3) is 0 Å². The van der Waals surface area contributed by atoms with Crippen LogP contribution in [0.3, 0.4) is 0 Å². The Balaban J connectivity index is 1.91. The normalized spacial score (nSPS) is 17.8. The van der Waals surface area contributed by atoms with Gasteiger partial charge in [-0.3, -0.25) is 4.79 Å². The summed E-state index contributed by atoms with van der Waals surface area (Å²) in [7, 11) is 0. The van der Waals surface area contributed by atoms with Gasteiger partial charge in [-0.2, -0.15) is 0 Å². The molecule has 1 fully saturated rings. The fraction of sp³-hybridized carbons (Fsp3) is 0.533. The van der Waals surface area contributed by atoms with Gasteiger partial charge < -0.3 is 10.6 Å². The number of hydrogen-bond donors (Lipinski definition) is 2. The van der Waals surface area contributed by atoms with Crippen molar-refractivity contribution in [3.8, 4) is 0 Å². The minimum atomic E-state index is -0.242. The van der Waals surface area contributed by atoms with Gasteiger partial charge in [0.2, 0.25) is 5.91 Å². The van der Waals surface area contributed by atoms with E-state index in [0.717, 1.165) is 12.8 Å². The van der Waals surface area contributed by atoms with Crippen LogP contribution >= 0.6 is 23.2 Å². The second kappa shape index (κ2) is 7.30. The van der Waals surface area contributed by atoms with Crippen molar-refractivity contribution in [2.24, 2.45) is 0 Å². The number of carbonyl (C=O) groups excluding carboxylic acids is 1. The third-order valence-electron chi connectivity index (χ3n) is 3.67. The fourth-order valence-electron chi connectivity index (χ4n) is 2.53. The van der Waals surface area contributed by atoms with Gasteiger partial charge in [0, 0.05) is 11.1 Å². The van der Waals surface area contributed by atoms with Gasteiger partial charge in [0.15, 0.2) is 0 Å². The van der Waals surface area contributed by atoms with E-state index in [1.807, 2.05) is 6.92 Å². The number of carbonyl (C=O) groups is 1. The number of halogens is 2. The maximum atomic E-state index is 12.2. The second-order valence-corrected chi connectivity index (χ2v) is 6.18. The molecule has 0 aliphatic heterocycles. The Hall–Kier alpha value is -0.770.